The molecule has 1 unspecified atom stereocenters. The van der Waals surface area contributed by atoms with Crippen LogP contribution in [0.15, 0.2) is 48.1 Å². The van der Waals surface area contributed by atoms with Gasteiger partial charge in [-0.1, -0.05) is 19.9 Å². The second kappa shape index (κ2) is 12.6. The van der Waals surface area contributed by atoms with Crippen LogP contribution in [0.4, 0.5) is 10.5 Å². The van der Waals surface area contributed by atoms with Gasteiger partial charge in [-0.25, -0.2) is 9.59 Å². The number of hydrogen-bond donors (Lipinski definition) is 1. The predicted molar refractivity (Wildman–Crippen MR) is 172 cm³/mol. The number of esters is 1. The van der Waals surface area contributed by atoms with Gasteiger partial charge in [0.05, 0.1) is 22.7 Å². The van der Waals surface area contributed by atoms with Crippen molar-refractivity contribution in [2.75, 3.05) is 6.61 Å². The van der Waals surface area contributed by atoms with Gasteiger partial charge in [0, 0.05) is 23.6 Å². The van der Waals surface area contributed by atoms with Crippen molar-refractivity contribution in [2.45, 2.75) is 115 Å². The van der Waals surface area contributed by atoms with Crippen LogP contribution >= 0.6 is 0 Å². The summed E-state index contributed by atoms with van der Waals surface area (Å²) >= 11 is 0. The number of benzene rings is 1. The molecule has 0 bridgehead atoms. The molecule has 2 heterocycles. The van der Waals surface area contributed by atoms with Crippen molar-refractivity contribution in [1.29, 1.82) is 0 Å². The molecule has 48 heavy (non-hydrogen) atoms. The zero-order chi connectivity index (χ0) is 33.8. The maximum atomic E-state index is 13.4. The summed E-state index contributed by atoms with van der Waals surface area (Å²) in [5.74, 6) is -0.0451. The van der Waals surface area contributed by atoms with E-state index in [9.17, 15) is 24.8 Å². The Labute approximate surface area is 281 Å². The molecule has 2 aliphatic heterocycles. The quantitative estimate of drug-likeness (QED) is 0.147. The zero-order valence-electron chi connectivity index (χ0n) is 28.0. The lowest BCUT2D eigenvalue weighted by Gasteiger charge is -2.65. The van der Waals surface area contributed by atoms with E-state index in [2.05, 4.69) is 19.9 Å². The van der Waals surface area contributed by atoms with Crippen LogP contribution in [0, 0.1) is 44.6 Å². The first-order chi connectivity index (χ1) is 22.9. The second-order valence-corrected chi connectivity index (χ2v) is 15.4. The number of cyclic esters (lactones) is 1. The highest BCUT2D eigenvalue weighted by molar-refractivity contribution is 5.85. The molecule has 0 spiro atoms. The molecule has 0 saturated heterocycles. The highest BCUT2D eigenvalue weighted by atomic mass is 16.7. The molecule has 4 fully saturated rings. The van der Waals surface area contributed by atoms with E-state index in [1.165, 1.54) is 12.1 Å². The Morgan fingerprint density at radius 1 is 1.08 bits per heavy atom. The minimum absolute atomic E-state index is 0.0197. The monoisotopic (exact) mass is 665 g/mol. The summed E-state index contributed by atoms with van der Waals surface area (Å²) in [6.07, 6.45) is 11.4. The van der Waals surface area contributed by atoms with Gasteiger partial charge >= 0.3 is 12.1 Å². The molecule has 11 atom stereocenters. The number of ether oxygens (including phenoxy) is 5. The highest BCUT2D eigenvalue weighted by Crippen LogP contribution is 2.70. The van der Waals surface area contributed by atoms with Gasteiger partial charge in [0.1, 0.15) is 19.3 Å². The Bertz CT molecular complexity index is 1490. The van der Waals surface area contributed by atoms with Crippen molar-refractivity contribution in [2.24, 2.45) is 34.5 Å². The van der Waals surface area contributed by atoms with E-state index >= 15 is 0 Å². The van der Waals surface area contributed by atoms with E-state index in [4.69, 9.17) is 23.7 Å². The fourth-order valence-corrected chi connectivity index (χ4v) is 10.6. The number of carbonyl (C=O) groups is 2. The molecule has 0 amide bonds. The Morgan fingerprint density at radius 3 is 2.58 bits per heavy atom. The van der Waals surface area contributed by atoms with E-state index < -0.39 is 28.2 Å². The van der Waals surface area contributed by atoms with Crippen molar-refractivity contribution < 1.29 is 43.3 Å². The summed E-state index contributed by atoms with van der Waals surface area (Å²) in [7, 11) is 0. The summed E-state index contributed by atoms with van der Waals surface area (Å²) in [4.78, 5) is 36.1. The number of aliphatic hydroxyl groups is 1. The lowest BCUT2D eigenvalue weighted by Crippen LogP contribution is -2.67. The van der Waals surface area contributed by atoms with Crippen LogP contribution < -0.4 is 0 Å². The van der Waals surface area contributed by atoms with Crippen LogP contribution in [0.5, 0.6) is 0 Å². The van der Waals surface area contributed by atoms with Crippen molar-refractivity contribution >= 4 is 17.8 Å². The Hall–Kier alpha value is -3.28. The molecule has 7 rings (SSSR count). The van der Waals surface area contributed by atoms with Gasteiger partial charge in [-0.15, -0.1) is 0 Å². The van der Waals surface area contributed by atoms with Crippen LogP contribution in [-0.2, 0) is 35.1 Å². The largest absolute Gasteiger partial charge is 0.508 e. The number of rotatable bonds is 7. The van der Waals surface area contributed by atoms with Gasteiger partial charge in [0.25, 0.3) is 5.69 Å². The summed E-state index contributed by atoms with van der Waals surface area (Å²) in [5, 5.41) is 24.0. The fraction of sp³-hybridized carbons (Fsp3) is 0.676. The van der Waals surface area contributed by atoms with Gasteiger partial charge in [-0.2, -0.15) is 0 Å². The van der Waals surface area contributed by atoms with E-state index in [0.717, 1.165) is 44.1 Å². The van der Waals surface area contributed by atoms with Gasteiger partial charge in [0.2, 0.25) is 0 Å². The predicted octanol–water partition coefficient (Wildman–Crippen LogP) is 6.56. The number of carbonyl (C=O) groups excluding carboxylic acids is 2. The van der Waals surface area contributed by atoms with Crippen LogP contribution in [0.3, 0.4) is 0 Å². The van der Waals surface area contributed by atoms with E-state index in [1.807, 2.05) is 13.0 Å². The number of non-ortho nitro benzene ring substituents is 1. The number of nitrogens with zero attached hydrogens (tertiary/aromatic N) is 1. The molecule has 1 N–H and O–H groups in total. The smallest absolute Gasteiger partial charge is 0.458 e. The molecular weight excluding hydrogens is 618 g/mol. The Morgan fingerprint density at radius 2 is 1.88 bits per heavy atom. The molecule has 11 heteroatoms. The number of nitro benzene ring substituents is 1. The lowest BCUT2D eigenvalue weighted by molar-refractivity contribution is -0.384. The van der Waals surface area contributed by atoms with E-state index in [-0.39, 0.29) is 66.5 Å². The molecule has 11 nitrogen and oxygen atoms in total. The van der Waals surface area contributed by atoms with Crippen LogP contribution in [-0.4, -0.2) is 59.0 Å². The normalized spacial score (nSPS) is 41.8. The van der Waals surface area contributed by atoms with Crippen LogP contribution in [0.25, 0.3) is 0 Å². The molecule has 0 radical (unpaired) electrons. The molecule has 4 aliphatic carbocycles. The standard InChI is InChI=1S/C37H47NO10/c1-22-5-4-6-33(46-22)47-27-13-15-35(2)25(18-27)9-12-29-30(35)19-31(48-34(40)45-20-23-7-10-26(11-8-23)38(42)43)36(3)28(14-16-37(29,36)41)24-17-32(39)44-21-24/h4,6-8,10-11,17,22,25,27-31,33,41H,5,9,12-16,18-21H2,1-3H3/t22-,25+,27-,28+,29+,30-,31+,33?,35-,36-,37-/m0/s1. The van der Waals surface area contributed by atoms with Crippen molar-refractivity contribution in [3.8, 4) is 0 Å². The maximum absolute atomic E-state index is 13.4. The number of hydrogen-bond acceptors (Lipinski definition) is 10. The van der Waals surface area contributed by atoms with Crippen LogP contribution in [0.1, 0.15) is 84.1 Å². The van der Waals surface area contributed by atoms with E-state index in [0.29, 0.717) is 30.7 Å². The molecule has 4 saturated carbocycles. The van der Waals surface area contributed by atoms with Gasteiger partial charge < -0.3 is 28.8 Å². The third-order valence-electron chi connectivity index (χ3n) is 13.2. The molecule has 1 aromatic carbocycles. The Kier molecular flexibility index (Phi) is 8.69. The van der Waals surface area contributed by atoms with Crippen molar-refractivity contribution in [3.63, 3.8) is 0 Å². The minimum atomic E-state index is -1.12. The molecule has 1 aromatic rings. The first-order valence-corrected chi connectivity index (χ1v) is 17.5. The highest BCUT2D eigenvalue weighted by Gasteiger charge is 2.72. The second-order valence-electron chi connectivity index (χ2n) is 15.4. The number of nitro groups is 1. The van der Waals surface area contributed by atoms with Crippen molar-refractivity contribution in [1.82, 2.24) is 0 Å². The fourth-order valence-electron chi connectivity index (χ4n) is 10.6. The topological polar surface area (TPSA) is 144 Å². The summed E-state index contributed by atoms with van der Waals surface area (Å²) < 4.78 is 29.6. The maximum Gasteiger partial charge on any atom is 0.508 e. The van der Waals surface area contributed by atoms with E-state index in [1.54, 1.807) is 18.2 Å². The summed E-state index contributed by atoms with van der Waals surface area (Å²) in [5.41, 5.74) is -0.658. The van der Waals surface area contributed by atoms with Gasteiger partial charge in [-0.3, -0.25) is 10.1 Å². The van der Waals surface area contributed by atoms with Gasteiger partial charge in [-0.05, 0) is 123 Å². The molecule has 260 valence electrons. The van der Waals surface area contributed by atoms with Gasteiger partial charge in [0.15, 0.2) is 6.29 Å². The average Bonchev–Trinajstić information content (AvgIpc) is 3.61. The summed E-state index contributed by atoms with van der Waals surface area (Å²) in [6, 6.07) is 5.84. The first kappa shape index (κ1) is 33.2. The van der Waals surface area contributed by atoms with Crippen molar-refractivity contribution in [3.05, 3.63) is 63.7 Å². The minimum Gasteiger partial charge on any atom is -0.458 e. The SMILES string of the molecule is C[C@H]1CC=CC(O[C@H]2CC[C@@]3(C)[C@H](CC[C@@H]4[C@@H]3C[C@@H](OC(=O)OCc3ccc([N+](=O)[O-])cc3)[C@]3(C)[C@@H](C5=CC(=O)OC5)CC[C@]43O)C2)O1. The van der Waals surface area contributed by atoms with Crippen LogP contribution in [0.2, 0.25) is 0 Å². The third-order valence-corrected chi connectivity index (χ3v) is 13.2. The molecule has 6 aliphatic rings. The third kappa shape index (κ3) is 5.65. The number of fused-ring (bicyclic) bond motifs is 5. The summed E-state index contributed by atoms with van der Waals surface area (Å²) in [6.45, 7) is 6.52. The Balaban J connectivity index is 1.12. The molecule has 0 aromatic heterocycles. The average molecular weight is 666 g/mol. The lowest BCUT2D eigenvalue weighted by atomic mass is 9.42. The molecular formula is C37H47NO10. The zero-order valence-corrected chi connectivity index (χ0v) is 28.0. The first-order valence-electron chi connectivity index (χ1n) is 17.5.